The van der Waals surface area contributed by atoms with Gasteiger partial charge in [0.15, 0.2) is 5.65 Å². The normalized spacial score (nSPS) is 11.9. The highest BCUT2D eigenvalue weighted by Gasteiger charge is 2.25. The Balaban J connectivity index is 1.71. The molecule has 148 valence electrons. The zero-order valence-electron chi connectivity index (χ0n) is 15.7. The number of rotatable bonds is 4. The number of pyridine rings is 2. The molecule has 0 aliphatic carbocycles. The summed E-state index contributed by atoms with van der Waals surface area (Å²) in [4.78, 5) is 9.05. The maximum atomic E-state index is 13.5. The summed E-state index contributed by atoms with van der Waals surface area (Å²) >= 11 is 6.36. The number of hydrogen-bond donors (Lipinski definition) is 0. The smallest absolute Gasteiger partial charge is 0.260 e. The van der Waals surface area contributed by atoms with Crippen molar-refractivity contribution in [2.24, 2.45) is 0 Å². The van der Waals surface area contributed by atoms with E-state index in [1.54, 1.807) is 48.7 Å². The molecule has 0 spiro atoms. The molecule has 7 heteroatoms. The molecule has 0 bridgehead atoms. The number of hydrogen-bond acceptors (Lipinski definition) is 4. The van der Waals surface area contributed by atoms with E-state index in [9.17, 15) is 8.42 Å². The number of aromatic nitrogens is 3. The summed E-state index contributed by atoms with van der Waals surface area (Å²) in [6, 6.07) is 21.7. The van der Waals surface area contributed by atoms with Gasteiger partial charge in [0.05, 0.1) is 9.92 Å². The molecule has 0 saturated carbocycles. The quantitative estimate of drug-likeness (QED) is 0.397. The van der Waals surface area contributed by atoms with Crippen LogP contribution in [0.4, 0.5) is 0 Å². The van der Waals surface area contributed by atoms with Gasteiger partial charge in [-0.3, -0.25) is 4.98 Å². The van der Waals surface area contributed by atoms with E-state index in [4.69, 9.17) is 11.6 Å². The second-order valence-corrected chi connectivity index (χ2v) is 9.14. The fourth-order valence-electron chi connectivity index (χ4n) is 3.60. The van der Waals surface area contributed by atoms with Crippen molar-refractivity contribution in [3.05, 3.63) is 102 Å². The molecule has 0 saturated heterocycles. The zero-order valence-corrected chi connectivity index (χ0v) is 17.3. The van der Waals surface area contributed by atoms with Crippen molar-refractivity contribution in [3.8, 4) is 0 Å². The predicted molar refractivity (Wildman–Crippen MR) is 118 cm³/mol. The predicted octanol–water partition coefficient (Wildman–Crippen LogP) is 5.07. The first-order valence-corrected chi connectivity index (χ1v) is 11.1. The number of fused-ring (bicyclic) bond motifs is 2. The Morgan fingerprint density at radius 2 is 1.60 bits per heavy atom. The van der Waals surface area contributed by atoms with Gasteiger partial charge in [-0.1, -0.05) is 54.1 Å². The molecule has 5 nitrogen and oxygen atoms in total. The SMILES string of the molecule is O=S(=O)(c1ccccc1)n1c(Cc2cc3ccccc3cn2)cc2c(Cl)ccnc21. The lowest BCUT2D eigenvalue weighted by Gasteiger charge is -2.11. The number of benzene rings is 2. The van der Waals surface area contributed by atoms with Crippen molar-refractivity contribution in [1.82, 2.24) is 13.9 Å². The third kappa shape index (κ3) is 3.14. The summed E-state index contributed by atoms with van der Waals surface area (Å²) in [6.07, 6.45) is 3.64. The standard InChI is InChI=1S/C23H16ClN3O2S/c24-22-10-11-25-23-21(22)14-19(27(23)30(28,29)20-8-2-1-3-9-20)13-18-12-16-6-4-5-7-17(16)15-26-18/h1-12,14-15H,13H2. The van der Waals surface area contributed by atoms with Crippen LogP contribution in [-0.2, 0) is 16.4 Å². The molecule has 5 rings (SSSR count). The molecule has 0 unspecified atom stereocenters. The lowest BCUT2D eigenvalue weighted by molar-refractivity contribution is 0.587. The Kier molecular flexibility index (Phi) is 4.53. The van der Waals surface area contributed by atoms with E-state index in [-0.39, 0.29) is 4.90 Å². The highest BCUT2D eigenvalue weighted by Crippen LogP contribution is 2.30. The Hall–Kier alpha value is -3.22. The van der Waals surface area contributed by atoms with Crippen LogP contribution in [0.15, 0.2) is 90.1 Å². The van der Waals surface area contributed by atoms with Crippen LogP contribution in [0.2, 0.25) is 5.02 Å². The summed E-state index contributed by atoms with van der Waals surface area (Å²) in [5.41, 5.74) is 1.62. The summed E-state index contributed by atoms with van der Waals surface area (Å²) in [5.74, 6) is 0. The third-order valence-electron chi connectivity index (χ3n) is 5.01. The van der Waals surface area contributed by atoms with E-state index < -0.39 is 10.0 Å². The van der Waals surface area contributed by atoms with E-state index in [1.807, 2.05) is 30.3 Å². The van der Waals surface area contributed by atoms with E-state index >= 15 is 0 Å². The van der Waals surface area contributed by atoms with Gasteiger partial charge in [0, 0.05) is 41.0 Å². The lowest BCUT2D eigenvalue weighted by Crippen LogP contribution is -2.16. The minimum atomic E-state index is -3.86. The highest BCUT2D eigenvalue weighted by molar-refractivity contribution is 7.90. The average molecular weight is 434 g/mol. The van der Waals surface area contributed by atoms with Crippen molar-refractivity contribution in [3.63, 3.8) is 0 Å². The fourth-order valence-corrected chi connectivity index (χ4v) is 5.30. The summed E-state index contributed by atoms with van der Waals surface area (Å²) in [6.45, 7) is 0. The van der Waals surface area contributed by atoms with Gasteiger partial charge in [0.2, 0.25) is 0 Å². The second kappa shape index (κ2) is 7.23. The van der Waals surface area contributed by atoms with Gasteiger partial charge in [-0.2, -0.15) is 0 Å². The van der Waals surface area contributed by atoms with Crippen molar-refractivity contribution in [2.75, 3.05) is 0 Å². The molecule has 3 aromatic heterocycles. The number of halogens is 1. The van der Waals surface area contributed by atoms with Crippen LogP contribution < -0.4 is 0 Å². The maximum Gasteiger partial charge on any atom is 0.269 e. The molecule has 0 aliphatic rings. The Morgan fingerprint density at radius 1 is 0.867 bits per heavy atom. The molecule has 0 fully saturated rings. The van der Waals surface area contributed by atoms with Gasteiger partial charge in [0.25, 0.3) is 10.0 Å². The van der Waals surface area contributed by atoms with E-state index in [2.05, 4.69) is 9.97 Å². The molecule has 0 radical (unpaired) electrons. The van der Waals surface area contributed by atoms with Crippen LogP contribution >= 0.6 is 11.6 Å². The minimum Gasteiger partial charge on any atom is -0.260 e. The van der Waals surface area contributed by atoms with E-state index in [1.165, 1.54) is 10.2 Å². The third-order valence-corrected chi connectivity index (χ3v) is 7.10. The van der Waals surface area contributed by atoms with Crippen LogP contribution in [0.5, 0.6) is 0 Å². The van der Waals surface area contributed by atoms with E-state index in [0.717, 1.165) is 16.5 Å². The summed E-state index contributed by atoms with van der Waals surface area (Å²) < 4.78 is 28.3. The summed E-state index contributed by atoms with van der Waals surface area (Å²) in [7, 11) is -3.86. The Morgan fingerprint density at radius 3 is 2.40 bits per heavy atom. The molecule has 0 N–H and O–H groups in total. The molecule has 0 amide bonds. The minimum absolute atomic E-state index is 0.192. The first kappa shape index (κ1) is 18.8. The molecule has 2 aromatic carbocycles. The van der Waals surface area contributed by atoms with E-state index in [0.29, 0.717) is 28.2 Å². The van der Waals surface area contributed by atoms with Crippen LogP contribution in [0.1, 0.15) is 11.4 Å². The van der Waals surface area contributed by atoms with Gasteiger partial charge in [-0.05, 0) is 35.7 Å². The van der Waals surface area contributed by atoms with Gasteiger partial charge in [0.1, 0.15) is 0 Å². The molecule has 30 heavy (non-hydrogen) atoms. The molecule has 0 aliphatic heterocycles. The zero-order chi connectivity index (χ0) is 20.7. The van der Waals surface area contributed by atoms with Crippen molar-refractivity contribution < 1.29 is 8.42 Å². The molecular formula is C23H16ClN3O2S. The van der Waals surface area contributed by atoms with Gasteiger partial charge in [-0.25, -0.2) is 17.4 Å². The van der Waals surface area contributed by atoms with Crippen molar-refractivity contribution in [1.29, 1.82) is 0 Å². The molecule has 5 aromatic rings. The van der Waals surface area contributed by atoms with Gasteiger partial charge >= 0.3 is 0 Å². The Labute approximate surface area is 178 Å². The van der Waals surface area contributed by atoms with Crippen molar-refractivity contribution in [2.45, 2.75) is 11.3 Å². The van der Waals surface area contributed by atoms with Gasteiger partial charge in [-0.15, -0.1) is 0 Å². The Bertz CT molecular complexity index is 1500. The van der Waals surface area contributed by atoms with Crippen LogP contribution in [0, 0.1) is 0 Å². The number of nitrogens with zero attached hydrogens (tertiary/aromatic N) is 3. The molecule has 3 heterocycles. The van der Waals surface area contributed by atoms with Crippen LogP contribution in [0.25, 0.3) is 21.8 Å². The lowest BCUT2D eigenvalue weighted by atomic mass is 10.1. The monoisotopic (exact) mass is 433 g/mol. The first-order valence-electron chi connectivity index (χ1n) is 9.33. The second-order valence-electron chi connectivity index (χ2n) is 6.95. The first-order chi connectivity index (χ1) is 14.5. The van der Waals surface area contributed by atoms with Crippen LogP contribution in [0.3, 0.4) is 0 Å². The topological polar surface area (TPSA) is 64.8 Å². The van der Waals surface area contributed by atoms with Gasteiger partial charge < -0.3 is 0 Å². The molecule has 0 atom stereocenters. The molecular weight excluding hydrogens is 418 g/mol. The highest BCUT2D eigenvalue weighted by atomic mass is 35.5. The van der Waals surface area contributed by atoms with Crippen molar-refractivity contribution >= 4 is 43.4 Å². The maximum absolute atomic E-state index is 13.5. The summed E-state index contributed by atoms with van der Waals surface area (Å²) in [5, 5.41) is 3.12. The largest absolute Gasteiger partial charge is 0.269 e. The average Bonchev–Trinajstić information content (AvgIpc) is 3.14. The van der Waals surface area contributed by atoms with Crippen LogP contribution in [-0.4, -0.2) is 22.4 Å². The fraction of sp³-hybridized carbons (Fsp3) is 0.0435.